The Bertz CT molecular complexity index is 1300. The summed E-state index contributed by atoms with van der Waals surface area (Å²) in [4.78, 5) is 30.6. The summed E-state index contributed by atoms with van der Waals surface area (Å²) in [5.41, 5.74) is 1.96. The van der Waals surface area contributed by atoms with E-state index in [4.69, 9.17) is 0 Å². The predicted octanol–water partition coefficient (Wildman–Crippen LogP) is 4.79. The van der Waals surface area contributed by atoms with Crippen LogP contribution in [-0.4, -0.2) is 46.3 Å². The molecule has 0 unspecified atom stereocenters. The zero-order chi connectivity index (χ0) is 25.3. The van der Waals surface area contributed by atoms with Gasteiger partial charge in [0.1, 0.15) is 5.69 Å². The Morgan fingerprint density at radius 2 is 1.91 bits per heavy atom. The van der Waals surface area contributed by atoms with Gasteiger partial charge in [-0.3, -0.25) is 19.3 Å². The van der Waals surface area contributed by atoms with Crippen molar-refractivity contribution in [2.75, 3.05) is 18.9 Å². The van der Waals surface area contributed by atoms with Crippen LogP contribution in [0.25, 0.3) is 11.3 Å². The zero-order valence-electron chi connectivity index (χ0n) is 19.4. The molecule has 3 aromatic rings. The van der Waals surface area contributed by atoms with E-state index in [0.29, 0.717) is 30.0 Å². The number of aromatic nitrogens is 2. The highest BCUT2D eigenvalue weighted by atomic mass is 19.4. The first kappa shape index (κ1) is 24.2. The fourth-order valence-electron chi connectivity index (χ4n) is 4.11. The van der Waals surface area contributed by atoms with Gasteiger partial charge in [0.15, 0.2) is 0 Å². The third-order valence-corrected chi connectivity index (χ3v) is 5.71. The predicted molar refractivity (Wildman–Crippen MR) is 126 cm³/mol. The SMILES string of the molecule is C/N=C\c1ccc(CN2C[C@H](C)n3nc(-c4ccc(C(F)(F)F)cc4NC(C)=O)cc3C2=O)cc1. The number of alkyl halides is 3. The lowest BCUT2D eigenvalue weighted by molar-refractivity contribution is -0.137. The average molecular weight is 483 g/mol. The molecule has 10 heteroatoms. The van der Waals surface area contributed by atoms with E-state index in [2.05, 4.69) is 15.4 Å². The van der Waals surface area contributed by atoms with Crippen LogP contribution < -0.4 is 5.32 Å². The van der Waals surface area contributed by atoms with Crippen LogP contribution in [-0.2, 0) is 17.5 Å². The van der Waals surface area contributed by atoms with Crippen molar-refractivity contribution in [2.24, 2.45) is 4.99 Å². The second-order valence-corrected chi connectivity index (χ2v) is 8.46. The molecule has 0 saturated heterocycles. The molecule has 1 N–H and O–H groups in total. The second kappa shape index (κ2) is 9.36. The van der Waals surface area contributed by atoms with E-state index in [1.54, 1.807) is 28.9 Å². The molecule has 35 heavy (non-hydrogen) atoms. The van der Waals surface area contributed by atoms with E-state index in [0.717, 1.165) is 23.3 Å². The van der Waals surface area contributed by atoms with Crippen molar-refractivity contribution in [1.82, 2.24) is 14.7 Å². The first-order valence-electron chi connectivity index (χ1n) is 11.0. The van der Waals surface area contributed by atoms with Gasteiger partial charge >= 0.3 is 6.18 Å². The van der Waals surface area contributed by atoms with Gasteiger partial charge in [-0.1, -0.05) is 30.3 Å². The number of hydrogen-bond donors (Lipinski definition) is 1. The van der Waals surface area contributed by atoms with E-state index in [1.807, 2.05) is 31.2 Å². The number of halogens is 3. The zero-order valence-corrected chi connectivity index (χ0v) is 19.4. The summed E-state index contributed by atoms with van der Waals surface area (Å²) in [5.74, 6) is -0.740. The summed E-state index contributed by atoms with van der Waals surface area (Å²) in [5, 5.41) is 6.96. The van der Waals surface area contributed by atoms with Gasteiger partial charge in [0.05, 0.1) is 23.0 Å². The lowest BCUT2D eigenvalue weighted by atomic mass is 10.0. The maximum absolute atomic E-state index is 13.3. The van der Waals surface area contributed by atoms with Crippen molar-refractivity contribution in [3.05, 3.63) is 70.9 Å². The van der Waals surface area contributed by atoms with Crippen LogP contribution in [0.5, 0.6) is 0 Å². The summed E-state index contributed by atoms with van der Waals surface area (Å²) in [6, 6.07) is 12.2. The molecule has 0 radical (unpaired) electrons. The molecule has 0 aliphatic carbocycles. The van der Waals surface area contributed by atoms with Crippen molar-refractivity contribution in [3.8, 4) is 11.3 Å². The molecule has 2 amide bonds. The molecule has 2 aromatic carbocycles. The minimum Gasteiger partial charge on any atom is -0.331 e. The molecule has 182 valence electrons. The minimum absolute atomic E-state index is 0.0181. The summed E-state index contributed by atoms with van der Waals surface area (Å²) in [7, 11) is 1.70. The highest BCUT2D eigenvalue weighted by molar-refractivity contribution is 5.97. The molecule has 7 nitrogen and oxygen atoms in total. The van der Waals surface area contributed by atoms with Gasteiger partial charge in [0, 0.05) is 38.8 Å². The highest BCUT2D eigenvalue weighted by Crippen LogP contribution is 2.36. The second-order valence-electron chi connectivity index (χ2n) is 8.46. The molecular weight excluding hydrogens is 459 g/mol. The molecule has 0 fully saturated rings. The smallest absolute Gasteiger partial charge is 0.331 e. The first-order chi connectivity index (χ1) is 16.6. The molecule has 0 bridgehead atoms. The van der Waals surface area contributed by atoms with Crippen LogP contribution >= 0.6 is 0 Å². The van der Waals surface area contributed by atoms with E-state index in [9.17, 15) is 22.8 Å². The molecule has 0 spiro atoms. The minimum atomic E-state index is -4.56. The van der Waals surface area contributed by atoms with Crippen LogP contribution in [0.15, 0.2) is 53.5 Å². The third-order valence-electron chi connectivity index (χ3n) is 5.71. The number of aliphatic imine (C=N–C) groups is 1. The molecule has 1 atom stereocenters. The number of benzene rings is 2. The lowest BCUT2D eigenvalue weighted by Crippen LogP contribution is -2.41. The maximum Gasteiger partial charge on any atom is 0.416 e. The van der Waals surface area contributed by atoms with Gasteiger partial charge in [-0.15, -0.1) is 0 Å². The van der Waals surface area contributed by atoms with Crippen LogP contribution in [0.4, 0.5) is 18.9 Å². The lowest BCUT2D eigenvalue weighted by Gasteiger charge is -2.31. The van der Waals surface area contributed by atoms with Gasteiger partial charge in [-0.2, -0.15) is 18.3 Å². The van der Waals surface area contributed by atoms with E-state index < -0.39 is 17.6 Å². The van der Waals surface area contributed by atoms with Crippen molar-refractivity contribution in [1.29, 1.82) is 0 Å². The monoisotopic (exact) mass is 483 g/mol. The Morgan fingerprint density at radius 1 is 1.20 bits per heavy atom. The quantitative estimate of drug-likeness (QED) is 0.530. The number of fused-ring (bicyclic) bond motifs is 1. The first-order valence-corrected chi connectivity index (χ1v) is 11.0. The number of nitrogens with one attached hydrogen (secondary N) is 1. The standard InChI is InChI=1S/C25H24F3N5O2/c1-15-13-32(14-18-6-4-17(5-7-18)12-29-3)24(35)23-11-22(31-33(15)23)20-9-8-19(25(26,27)28)10-21(20)30-16(2)34/h4-12,15H,13-14H2,1-3H3,(H,30,34)/b29-12-/t15-/m0/s1. The number of rotatable bonds is 5. The Balaban J connectivity index is 1.65. The van der Waals surface area contributed by atoms with Crippen molar-refractivity contribution >= 4 is 23.7 Å². The van der Waals surface area contributed by atoms with E-state index in [-0.39, 0.29) is 17.6 Å². The fraction of sp³-hybridized carbons (Fsp3) is 0.280. The number of anilines is 1. The number of nitrogens with zero attached hydrogens (tertiary/aromatic N) is 4. The van der Waals surface area contributed by atoms with Gasteiger partial charge < -0.3 is 10.2 Å². The summed E-state index contributed by atoms with van der Waals surface area (Å²) in [6.07, 6.45) is -2.82. The van der Waals surface area contributed by atoms with Crippen LogP contribution in [0.2, 0.25) is 0 Å². The summed E-state index contributed by atoms with van der Waals surface area (Å²) < 4.78 is 41.3. The number of amides is 2. The summed E-state index contributed by atoms with van der Waals surface area (Å²) in [6.45, 7) is 3.97. The molecular formula is C25H24F3N5O2. The van der Waals surface area contributed by atoms with E-state index >= 15 is 0 Å². The van der Waals surface area contributed by atoms with E-state index in [1.165, 1.54) is 13.0 Å². The average Bonchev–Trinajstić information content (AvgIpc) is 3.24. The van der Waals surface area contributed by atoms with Gasteiger partial charge in [-0.05, 0) is 36.2 Å². The molecule has 2 heterocycles. The number of carbonyl (C=O) groups is 2. The van der Waals surface area contributed by atoms with Crippen LogP contribution in [0, 0.1) is 0 Å². The Hall–Kier alpha value is -3.95. The highest BCUT2D eigenvalue weighted by Gasteiger charge is 2.33. The van der Waals surface area contributed by atoms with Crippen LogP contribution in [0.3, 0.4) is 0 Å². The Morgan fingerprint density at radius 3 is 2.54 bits per heavy atom. The third kappa shape index (κ3) is 5.11. The number of hydrogen-bond acceptors (Lipinski definition) is 4. The van der Waals surface area contributed by atoms with Crippen molar-refractivity contribution in [3.63, 3.8) is 0 Å². The molecule has 0 saturated carbocycles. The molecule has 1 aromatic heterocycles. The largest absolute Gasteiger partial charge is 0.416 e. The fourth-order valence-corrected chi connectivity index (χ4v) is 4.11. The number of carbonyl (C=O) groups excluding carboxylic acids is 2. The van der Waals surface area contributed by atoms with Crippen molar-refractivity contribution in [2.45, 2.75) is 32.6 Å². The van der Waals surface area contributed by atoms with Crippen LogP contribution in [0.1, 0.15) is 47.1 Å². The van der Waals surface area contributed by atoms with Gasteiger partial charge in [0.2, 0.25) is 5.91 Å². The molecule has 1 aliphatic rings. The normalized spacial score (nSPS) is 16.0. The maximum atomic E-state index is 13.3. The van der Waals surface area contributed by atoms with Crippen molar-refractivity contribution < 1.29 is 22.8 Å². The molecule has 1 aliphatic heterocycles. The van der Waals surface area contributed by atoms with Gasteiger partial charge in [0.25, 0.3) is 5.91 Å². The Labute approximate surface area is 200 Å². The molecule has 4 rings (SSSR count). The topological polar surface area (TPSA) is 79.6 Å². The van der Waals surface area contributed by atoms with Gasteiger partial charge in [-0.25, -0.2) is 0 Å². The summed E-state index contributed by atoms with van der Waals surface area (Å²) >= 11 is 0. The Kier molecular flexibility index (Phi) is 6.47.